The number of hydrogen-bond acceptors (Lipinski definition) is 5. The summed E-state index contributed by atoms with van der Waals surface area (Å²) in [4.78, 5) is 28.2. The third-order valence-corrected chi connectivity index (χ3v) is 4.14. The van der Waals surface area contributed by atoms with Crippen molar-refractivity contribution in [2.75, 3.05) is 12.4 Å². The first-order chi connectivity index (χ1) is 13.5. The zero-order valence-electron chi connectivity index (χ0n) is 15.7. The molecular formula is C22H21N3O3. The van der Waals surface area contributed by atoms with Gasteiger partial charge in [-0.25, -0.2) is 4.79 Å². The molecule has 2 aromatic carbocycles. The van der Waals surface area contributed by atoms with Gasteiger partial charge in [-0.05, 0) is 42.8 Å². The van der Waals surface area contributed by atoms with E-state index in [1.165, 1.54) is 12.7 Å². The summed E-state index contributed by atoms with van der Waals surface area (Å²) >= 11 is 0. The normalized spacial score (nSPS) is 10.2. The molecule has 3 aromatic rings. The van der Waals surface area contributed by atoms with Crippen LogP contribution in [-0.2, 0) is 11.3 Å². The van der Waals surface area contributed by atoms with E-state index in [0.717, 1.165) is 5.56 Å². The fraction of sp³-hybridized carbons (Fsp3) is 0.136. The molecule has 6 heteroatoms. The smallest absolute Gasteiger partial charge is 0.337 e. The van der Waals surface area contributed by atoms with Crippen molar-refractivity contribution < 1.29 is 14.3 Å². The fourth-order valence-corrected chi connectivity index (χ4v) is 2.62. The number of nitrogens with one attached hydrogen (secondary N) is 2. The number of nitrogens with zero attached hydrogens (tertiary/aromatic N) is 1. The van der Waals surface area contributed by atoms with Crippen LogP contribution < -0.4 is 10.6 Å². The molecule has 1 aromatic heterocycles. The van der Waals surface area contributed by atoms with Crippen molar-refractivity contribution in [3.05, 3.63) is 89.2 Å². The summed E-state index contributed by atoms with van der Waals surface area (Å²) in [6, 6.07) is 18.3. The number of anilines is 2. The molecule has 0 unspecified atom stereocenters. The molecule has 0 aliphatic heterocycles. The summed E-state index contributed by atoms with van der Waals surface area (Å²) in [5, 5.41) is 6.04. The minimum atomic E-state index is -0.408. The zero-order valence-corrected chi connectivity index (χ0v) is 15.7. The van der Waals surface area contributed by atoms with E-state index in [9.17, 15) is 9.59 Å². The highest BCUT2D eigenvalue weighted by molar-refractivity contribution is 5.93. The van der Waals surface area contributed by atoms with E-state index in [0.29, 0.717) is 29.2 Å². The average molecular weight is 375 g/mol. The van der Waals surface area contributed by atoms with Crippen LogP contribution in [0.25, 0.3) is 0 Å². The van der Waals surface area contributed by atoms with Crippen LogP contribution in [0, 0.1) is 6.92 Å². The predicted molar refractivity (Wildman–Crippen MR) is 108 cm³/mol. The second-order valence-electron chi connectivity index (χ2n) is 6.30. The Labute approximate surface area is 163 Å². The SMILES string of the molecule is COC(=O)c1cccc(Nc2ccnc(C(=O)NCc3ccc(C)cc3)c2)c1. The lowest BCUT2D eigenvalue weighted by Crippen LogP contribution is -2.23. The highest BCUT2D eigenvalue weighted by Crippen LogP contribution is 2.18. The van der Waals surface area contributed by atoms with Gasteiger partial charge in [0.2, 0.25) is 0 Å². The van der Waals surface area contributed by atoms with Crippen LogP contribution in [0.4, 0.5) is 11.4 Å². The van der Waals surface area contributed by atoms with Crippen LogP contribution >= 0.6 is 0 Å². The quantitative estimate of drug-likeness (QED) is 0.640. The monoisotopic (exact) mass is 375 g/mol. The first kappa shape index (κ1) is 19.1. The molecule has 0 saturated heterocycles. The summed E-state index contributed by atoms with van der Waals surface area (Å²) in [6.45, 7) is 2.45. The Morgan fingerprint density at radius 1 is 1.00 bits per heavy atom. The van der Waals surface area contributed by atoms with Crippen molar-refractivity contribution in [1.82, 2.24) is 10.3 Å². The molecule has 1 heterocycles. The standard InChI is InChI=1S/C22H21N3O3/c1-15-6-8-16(9-7-15)14-24-21(26)20-13-19(10-11-23-20)25-18-5-3-4-17(12-18)22(27)28-2/h3-13H,14H2,1-2H3,(H,23,25)(H,24,26). The molecule has 28 heavy (non-hydrogen) atoms. The lowest BCUT2D eigenvalue weighted by atomic mass is 10.1. The second-order valence-corrected chi connectivity index (χ2v) is 6.30. The summed E-state index contributed by atoms with van der Waals surface area (Å²) in [6.07, 6.45) is 1.56. The third kappa shape index (κ3) is 4.94. The van der Waals surface area contributed by atoms with Crippen LogP contribution in [0.3, 0.4) is 0 Å². The molecule has 0 spiro atoms. The topological polar surface area (TPSA) is 80.3 Å². The van der Waals surface area contributed by atoms with Gasteiger partial charge >= 0.3 is 5.97 Å². The van der Waals surface area contributed by atoms with E-state index in [1.807, 2.05) is 37.3 Å². The first-order valence-electron chi connectivity index (χ1n) is 8.80. The minimum absolute atomic E-state index is 0.257. The van der Waals surface area contributed by atoms with Gasteiger partial charge in [0.1, 0.15) is 5.69 Å². The fourth-order valence-electron chi connectivity index (χ4n) is 2.62. The van der Waals surface area contributed by atoms with E-state index in [-0.39, 0.29) is 5.91 Å². The van der Waals surface area contributed by atoms with Crippen LogP contribution in [0.2, 0.25) is 0 Å². The van der Waals surface area contributed by atoms with Crippen molar-refractivity contribution in [2.45, 2.75) is 13.5 Å². The molecular weight excluding hydrogens is 354 g/mol. The van der Waals surface area contributed by atoms with Crippen LogP contribution in [0.5, 0.6) is 0 Å². The van der Waals surface area contributed by atoms with E-state index in [2.05, 4.69) is 15.6 Å². The molecule has 3 rings (SSSR count). The number of methoxy groups -OCH3 is 1. The summed E-state index contributed by atoms with van der Waals surface area (Å²) < 4.78 is 4.73. The van der Waals surface area contributed by atoms with Crippen molar-refractivity contribution in [3.8, 4) is 0 Å². The highest BCUT2D eigenvalue weighted by Gasteiger charge is 2.09. The molecule has 0 aliphatic rings. The van der Waals surface area contributed by atoms with E-state index >= 15 is 0 Å². The molecule has 0 fully saturated rings. The number of ether oxygens (including phenoxy) is 1. The van der Waals surface area contributed by atoms with Gasteiger partial charge in [0, 0.05) is 24.1 Å². The van der Waals surface area contributed by atoms with Gasteiger partial charge in [0.15, 0.2) is 0 Å². The zero-order chi connectivity index (χ0) is 19.9. The van der Waals surface area contributed by atoms with Gasteiger partial charge in [-0.15, -0.1) is 0 Å². The van der Waals surface area contributed by atoms with Crippen molar-refractivity contribution in [3.63, 3.8) is 0 Å². The van der Waals surface area contributed by atoms with E-state index in [4.69, 9.17) is 4.74 Å². The third-order valence-electron chi connectivity index (χ3n) is 4.14. The molecule has 0 aliphatic carbocycles. The number of rotatable bonds is 6. The molecule has 0 saturated carbocycles. The predicted octanol–water partition coefficient (Wildman–Crippen LogP) is 3.85. The van der Waals surface area contributed by atoms with Crippen molar-refractivity contribution in [2.24, 2.45) is 0 Å². The number of carbonyl (C=O) groups excluding carboxylic acids is 2. The molecule has 1 amide bonds. The maximum absolute atomic E-state index is 12.4. The number of aromatic nitrogens is 1. The lowest BCUT2D eigenvalue weighted by molar-refractivity contribution is 0.0600. The number of benzene rings is 2. The van der Waals surface area contributed by atoms with Crippen LogP contribution in [-0.4, -0.2) is 24.0 Å². The van der Waals surface area contributed by atoms with Gasteiger partial charge in [-0.3, -0.25) is 9.78 Å². The van der Waals surface area contributed by atoms with Crippen LogP contribution in [0.1, 0.15) is 32.0 Å². The maximum Gasteiger partial charge on any atom is 0.337 e. The molecule has 142 valence electrons. The molecule has 0 bridgehead atoms. The van der Waals surface area contributed by atoms with Gasteiger partial charge in [-0.1, -0.05) is 35.9 Å². The largest absolute Gasteiger partial charge is 0.465 e. The van der Waals surface area contributed by atoms with Gasteiger partial charge in [0.05, 0.1) is 12.7 Å². The Morgan fingerprint density at radius 2 is 1.75 bits per heavy atom. The van der Waals surface area contributed by atoms with Crippen LogP contribution in [0.15, 0.2) is 66.9 Å². The van der Waals surface area contributed by atoms with Gasteiger partial charge in [-0.2, -0.15) is 0 Å². The average Bonchev–Trinajstić information content (AvgIpc) is 2.73. The Bertz CT molecular complexity index is 984. The number of pyridine rings is 1. The summed E-state index contributed by atoms with van der Waals surface area (Å²) in [5.74, 6) is -0.665. The molecule has 2 N–H and O–H groups in total. The number of carbonyl (C=O) groups is 2. The Balaban J connectivity index is 1.67. The summed E-state index contributed by atoms with van der Waals surface area (Å²) in [5.41, 5.74) is 4.34. The number of aryl methyl sites for hydroxylation is 1. The minimum Gasteiger partial charge on any atom is -0.465 e. The highest BCUT2D eigenvalue weighted by atomic mass is 16.5. The van der Waals surface area contributed by atoms with Gasteiger partial charge < -0.3 is 15.4 Å². The Hall–Kier alpha value is -3.67. The lowest BCUT2D eigenvalue weighted by Gasteiger charge is -2.10. The van der Waals surface area contributed by atoms with Crippen molar-refractivity contribution >= 4 is 23.3 Å². The van der Waals surface area contributed by atoms with E-state index < -0.39 is 5.97 Å². The molecule has 0 radical (unpaired) electrons. The van der Waals surface area contributed by atoms with Crippen molar-refractivity contribution in [1.29, 1.82) is 0 Å². The number of amides is 1. The Kier molecular flexibility index (Phi) is 6.01. The first-order valence-corrected chi connectivity index (χ1v) is 8.80. The molecule has 6 nitrogen and oxygen atoms in total. The maximum atomic E-state index is 12.4. The summed E-state index contributed by atoms with van der Waals surface area (Å²) in [7, 11) is 1.34. The molecule has 0 atom stereocenters. The van der Waals surface area contributed by atoms with E-state index in [1.54, 1.807) is 36.5 Å². The Morgan fingerprint density at radius 3 is 2.50 bits per heavy atom. The van der Waals surface area contributed by atoms with Gasteiger partial charge in [0.25, 0.3) is 5.91 Å². The second kappa shape index (κ2) is 8.81. The number of hydrogen-bond donors (Lipinski definition) is 2. The number of esters is 1.